The molecular formula is C23H23NO4. The highest BCUT2D eigenvalue weighted by atomic mass is 16.5. The van der Waals surface area contributed by atoms with Gasteiger partial charge in [-0.25, -0.2) is 0 Å². The van der Waals surface area contributed by atoms with E-state index in [4.69, 9.17) is 14.2 Å². The molecule has 0 unspecified atom stereocenters. The molecule has 0 aliphatic rings. The second-order valence-electron chi connectivity index (χ2n) is 6.16. The van der Waals surface area contributed by atoms with Crippen molar-refractivity contribution in [1.82, 2.24) is 5.32 Å². The number of hydrogen-bond donors (Lipinski definition) is 1. The molecule has 5 heteroatoms. The Morgan fingerprint density at radius 1 is 0.750 bits per heavy atom. The lowest BCUT2D eigenvalue weighted by Gasteiger charge is -2.09. The van der Waals surface area contributed by atoms with Gasteiger partial charge in [0.15, 0.2) is 6.61 Å². The summed E-state index contributed by atoms with van der Waals surface area (Å²) in [5, 5.41) is 2.85. The molecule has 0 aliphatic heterocycles. The number of methoxy groups -OCH3 is 1. The summed E-state index contributed by atoms with van der Waals surface area (Å²) in [4.78, 5) is 12.0. The zero-order valence-electron chi connectivity index (χ0n) is 15.8. The van der Waals surface area contributed by atoms with Gasteiger partial charge in [0.1, 0.15) is 23.9 Å². The summed E-state index contributed by atoms with van der Waals surface area (Å²) < 4.78 is 16.3. The molecule has 1 N–H and O–H groups in total. The number of para-hydroxylation sites is 1. The lowest BCUT2D eigenvalue weighted by molar-refractivity contribution is -0.123. The summed E-state index contributed by atoms with van der Waals surface area (Å²) in [6.07, 6.45) is 0. The zero-order valence-corrected chi connectivity index (χ0v) is 15.8. The Balaban J connectivity index is 1.39. The van der Waals surface area contributed by atoms with Gasteiger partial charge in [0.05, 0.1) is 7.11 Å². The number of rotatable bonds is 9. The average Bonchev–Trinajstić information content (AvgIpc) is 2.76. The lowest BCUT2D eigenvalue weighted by atomic mass is 10.1. The third kappa shape index (κ3) is 6.06. The van der Waals surface area contributed by atoms with Crippen LogP contribution in [0.1, 0.15) is 11.1 Å². The normalized spacial score (nSPS) is 10.2. The van der Waals surface area contributed by atoms with E-state index in [1.807, 2.05) is 54.6 Å². The van der Waals surface area contributed by atoms with Crippen molar-refractivity contribution in [3.63, 3.8) is 0 Å². The Bertz CT molecular complexity index is 861. The van der Waals surface area contributed by atoms with E-state index in [-0.39, 0.29) is 12.5 Å². The maximum atomic E-state index is 12.0. The van der Waals surface area contributed by atoms with Gasteiger partial charge in [0.2, 0.25) is 0 Å². The molecule has 0 heterocycles. The maximum Gasteiger partial charge on any atom is 0.258 e. The fraction of sp³-hybridized carbons (Fsp3) is 0.174. The summed E-state index contributed by atoms with van der Waals surface area (Å²) in [5.74, 6) is 2.04. The molecule has 3 rings (SSSR count). The molecule has 0 atom stereocenters. The first-order valence-electron chi connectivity index (χ1n) is 9.02. The zero-order chi connectivity index (χ0) is 19.6. The topological polar surface area (TPSA) is 56.8 Å². The third-order valence-electron chi connectivity index (χ3n) is 4.09. The number of nitrogens with one attached hydrogen (secondary N) is 1. The average molecular weight is 377 g/mol. The first-order chi connectivity index (χ1) is 13.7. The quantitative estimate of drug-likeness (QED) is 0.613. The SMILES string of the molecule is COc1ccc(OCC(=O)NCc2ccc(COc3ccccc3)cc2)cc1. The van der Waals surface area contributed by atoms with E-state index in [9.17, 15) is 4.79 Å². The van der Waals surface area contributed by atoms with Crippen LogP contribution in [0, 0.1) is 0 Å². The van der Waals surface area contributed by atoms with Crippen LogP contribution in [0.5, 0.6) is 17.2 Å². The van der Waals surface area contributed by atoms with Gasteiger partial charge in [-0.05, 0) is 47.5 Å². The van der Waals surface area contributed by atoms with Gasteiger partial charge >= 0.3 is 0 Å². The van der Waals surface area contributed by atoms with Crippen molar-refractivity contribution in [2.75, 3.05) is 13.7 Å². The highest BCUT2D eigenvalue weighted by molar-refractivity contribution is 5.77. The molecular weight excluding hydrogens is 354 g/mol. The predicted octanol–water partition coefficient (Wildman–Crippen LogP) is 3.97. The van der Waals surface area contributed by atoms with E-state index in [1.165, 1.54) is 0 Å². The van der Waals surface area contributed by atoms with Gasteiger partial charge in [-0.3, -0.25) is 4.79 Å². The molecule has 1 amide bonds. The van der Waals surface area contributed by atoms with Crippen molar-refractivity contribution in [2.45, 2.75) is 13.2 Å². The summed E-state index contributed by atoms with van der Waals surface area (Å²) >= 11 is 0. The molecule has 3 aromatic carbocycles. The van der Waals surface area contributed by atoms with E-state index in [2.05, 4.69) is 5.32 Å². The van der Waals surface area contributed by atoms with Crippen LogP contribution in [0.4, 0.5) is 0 Å². The number of carbonyl (C=O) groups excluding carboxylic acids is 1. The van der Waals surface area contributed by atoms with E-state index in [1.54, 1.807) is 31.4 Å². The maximum absolute atomic E-state index is 12.0. The monoisotopic (exact) mass is 377 g/mol. The molecule has 0 bridgehead atoms. The van der Waals surface area contributed by atoms with E-state index < -0.39 is 0 Å². The summed E-state index contributed by atoms with van der Waals surface area (Å²) in [5.41, 5.74) is 2.09. The highest BCUT2D eigenvalue weighted by Gasteiger charge is 2.04. The first-order valence-corrected chi connectivity index (χ1v) is 9.02. The number of amides is 1. The predicted molar refractivity (Wildman–Crippen MR) is 108 cm³/mol. The standard InChI is InChI=1S/C23H23NO4/c1-26-20-11-13-22(14-12-20)28-17-23(25)24-15-18-7-9-19(10-8-18)16-27-21-5-3-2-4-6-21/h2-14H,15-17H2,1H3,(H,24,25). The molecule has 28 heavy (non-hydrogen) atoms. The first kappa shape index (κ1) is 19.3. The van der Waals surface area contributed by atoms with Crippen molar-refractivity contribution < 1.29 is 19.0 Å². The van der Waals surface area contributed by atoms with Crippen LogP contribution in [0.15, 0.2) is 78.9 Å². The van der Waals surface area contributed by atoms with E-state index in [0.717, 1.165) is 22.6 Å². The molecule has 0 saturated heterocycles. The van der Waals surface area contributed by atoms with Gasteiger partial charge < -0.3 is 19.5 Å². The minimum absolute atomic E-state index is 0.0324. The Morgan fingerprint density at radius 2 is 1.36 bits per heavy atom. The Hall–Kier alpha value is -3.47. The van der Waals surface area contributed by atoms with Crippen molar-refractivity contribution >= 4 is 5.91 Å². The van der Waals surface area contributed by atoms with Gasteiger partial charge in [0.25, 0.3) is 5.91 Å². The molecule has 0 saturated carbocycles. The van der Waals surface area contributed by atoms with Gasteiger partial charge in [0, 0.05) is 6.54 Å². The van der Waals surface area contributed by atoms with Crippen LogP contribution in [-0.4, -0.2) is 19.6 Å². The summed E-state index contributed by atoms with van der Waals surface area (Å²) in [6.45, 7) is 0.923. The molecule has 0 fully saturated rings. The Morgan fingerprint density at radius 3 is 2.04 bits per heavy atom. The molecule has 0 radical (unpaired) electrons. The number of ether oxygens (including phenoxy) is 3. The van der Waals surface area contributed by atoms with Crippen molar-refractivity contribution in [2.24, 2.45) is 0 Å². The molecule has 0 spiro atoms. The van der Waals surface area contributed by atoms with E-state index in [0.29, 0.717) is 18.9 Å². The smallest absolute Gasteiger partial charge is 0.258 e. The van der Waals surface area contributed by atoms with Crippen molar-refractivity contribution in [3.05, 3.63) is 90.0 Å². The second kappa shape index (κ2) is 10.0. The largest absolute Gasteiger partial charge is 0.497 e. The molecule has 3 aromatic rings. The van der Waals surface area contributed by atoms with Crippen LogP contribution in [0.3, 0.4) is 0 Å². The fourth-order valence-corrected chi connectivity index (χ4v) is 2.51. The lowest BCUT2D eigenvalue weighted by Crippen LogP contribution is -2.28. The highest BCUT2D eigenvalue weighted by Crippen LogP contribution is 2.17. The van der Waals surface area contributed by atoms with E-state index >= 15 is 0 Å². The van der Waals surface area contributed by atoms with Crippen LogP contribution < -0.4 is 19.5 Å². The Labute approximate surface area is 164 Å². The van der Waals surface area contributed by atoms with Gasteiger partial charge in [-0.1, -0.05) is 42.5 Å². The minimum atomic E-state index is -0.174. The Kier molecular flexibility index (Phi) is 6.90. The van der Waals surface area contributed by atoms with Crippen LogP contribution in [-0.2, 0) is 17.9 Å². The minimum Gasteiger partial charge on any atom is -0.497 e. The van der Waals surface area contributed by atoms with Crippen molar-refractivity contribution in [1.29, 1.82) is 0 Å². The number of benzene rings is 3. The van der Waals surface area contributed by atoms with Crippen molar-refractivity contribution in [3.8, 4) is 17.2 Å². The van der Waals surface area contributed by atoms with Crippen LogP contribution >= 0.6 is 0 Å². The second-order valence-corrected chi connectivity index (χ2v) is 6.16. The van der Waals surface area contributed by atoms with Gasteiger partial charge in [-0.15, -0.1) is 0 Å². The van der Waals surface area contributed by atoms with Crippen LogP contribution in [0.25, 0.3) is 0 Å². The molecule has 5 nitrogen and oxygen atoms in total. The molecule has 0 aliphatic carbocycles. The molecule has 144 valence electrons. The van der Waals surface area contributed by atoms with Crippen LogP contribution in [0.2, 0.25) is 0 Å². The fourth-order valence-electron chi connectivity index (χ4n) is 2.51. The number of hydrogen-bond acceptors (Lipinski definition) is 4. The van der Waals surface area contributed by atoms with Gasteiger partial charge in [-0.2, -0.15) is 0 Å². The number of carbonyl (C=O) groups is 1. The third-order valence-corrected chi connectivity index (χ3v) is 4.09. The molecule has 0 aromatic heterocycles. The summed E-state index contributed by atoms with van der Waals surface area (Å²) in [7, 11) is 1.60. The summed E-state index contributed by atoms with van der Waals surface area (Å²) in [6, 6.07) is 24.8.